The molecule has 1 N–H and O–H groups in total. The molecule has 2 aromatic carbocycles. The Morgan fingerprint density at radius 3 is 2.54 bits per heavy atom. The fraction of sp³-hybridized carbons (Fsp3) is 0.385. The normalized spacial score (nSPS) is 20.9. The van der Waals surface area contributed by atoms with E-state index in [9.17, 15) is 13.5 Å². The summed E-state index contributed by atoms with van der Waals surface area (Å²) in [4.78, 5) is 10.4. The maximum atomic E-state index is 13.6. The molecule has 0 unspecified atom stereocenters. The highest BCUT2D eigenvalue weighted by atomic mass is 32.2. The average Bonchev–Trinajstić information content (AvgIpc) is 2.86. The average molecular weight is 497 g/mol. The first kappa shape index (κ1) is 25.2. The first-order chi connectivity index (χ1) is 16.8. The molecule has 0 spiro atoms. The fourth-order valence-electron chi connectivity index (χ4n) is 4.34. The Kier molecular flexibility index (Phi) is 7.81. The van der Waals surface area contributed by atoms with Crippen LogP contribution in [0.25, 0.3) is 11.1 Å². The van der Waals surface area contributed by atoms with Crippen molar-refractivity contribution in [2.24, 2.45) is 5.92 Å². The van der Waals surface area contributed by atoms with Crippen molar-refractivity contribution < 1.29 is 18.3 Å². The van der Waals surface area contributed by atoms with Crippen molar-refractivity contribution in [3.63, 3.8) is 0 Å². The molecule has 0 aliphatic carbocycles. The number of likely N-dealkylation sites (N-methyl/N-ethyl adjacent to an activating group) is 1. The van der Waals surface area contributed by atoms with Gasteiger partial charge in [0, 0.05) is 49.6 Å². The number of sulfonamides is 1. The Morgan fingerprint density at radius 1 is 1.14 bits per heavy atom. The molecule has 35 heavy (non-hydrogen) atoms. The van der Waals surface area contributed by atoms with Gasteiger partial charge in [0.25, 0.3) is 0 Å². The second-order valence-electron chi connectivity index (χ2n) is 9.21. The van der Waals surface area contributed by atoms with Crippen LogP contribution in [-0.4, -0.2) is 71.6 Å². The van der Waals surface area contributed by atoms with Crippen molar-refractivity contribution in [1.29, 1.82) is 0 Å². The van der Waals surface area contributed by atoms with Crippen LogP contribution in [-0.2, 0) is 16.6 Å². The molecular formula is C26H32N4O4S. The van der Waals surface area contributed by atoms with Gasteiger partial charge in [-0.1, -0.05) is 43.3 Å². The van der Waals surface area contributed by atoms with Crippen molar-refractivity contribution >= 4 is 10.0 Å². The molecule has 8 nitrogen and oxygen atoms in total. The van der Waals surface area contributed by atoms with Crippen LogP contribution in [0.3, 0.4) is 0 Å². The molecule has 0 radical (unpaired) electrons. The van der Waals surface area contributed by atoms with Gasteiger partial charge in [-0.3, -0.25) is 4.90 Å². The molecule has 1 aliphatic rings. The summed E-state index contributed by atoms with van der Waals surface area (Å²) in [7, 11) is -1.85. The predicted octanol–water partition coefficient (Wildman–Crippen LogP) is 3.04. The number of aromatic nitrogens is 2. The molecule has 1 aromatic heterocycles. The molecule has 3 aromatic rings. The van der Waals surface area contributed by atoms with Gasteiger partial charge in [-0.25, -0.2) is 18.4 Å². The number of aliphatic hydroxyl groups is 1. The van der Waals surface area contributed by atoms with Gasteiger partial charge >= 0.3 is 0 Å². The molecule has 0 bridgehead atoms. The van der Waals surface area contributed by atoms with Crippen molar-refractivity contribution in [3.8, 4) is 16.9 Å². The third-order valence-corrected chi connectivity index (χ3v) is 8.37. The lowest BCUT2D eigenvalue weighted by atomic mass is 10.0. The van der Waals surface area contributed by atoms with Crippen LogP contribution in [0.1, 0.15) is 19.4 Å². The Labute approximate surface area is 207 Å². The van der Waals surface area contributed by atoms with Crippen LogP contribution in [0.4, 0.5) is 0 Å². The zero-order valence-electron chi connectivity index (χ0n) is 20.3. The van der Waals surface area contributed by atoms with Crippen LogP contribution in [0.2, 0.25) is 0 Å². The SMILES string of the molecule is C[C@H](CO)N1C[C@H](C)[C@H](CN(C)Cc2ccccc2)Oc2cc(-c3cncnc3)ccc2S1(=O)=O. The molecule has 0 amide bonds. The molecule has 0 saturated heterocycles. The third kappa shape index (κ3) is 5.70. The second-order valence-corrected chi connectivity index (χ2v) is 11.1. The van der Waals surface area contributed by atoms with E-state index in [0.29, 0.717) is 12.3 Å². The number of nitrogens with zero attached hydrogens (tertiary/aromatic N) is 4. The summed E-state index contributed by atoms with van der Waals surface area (Å²) < 4.78 is 35.1. The summed E-state index contributed by atoms with van der Waals surface area (Å²) in [5.74, 6) is 0.181. The van der Waals surface area contributed by atoms with E-state index < -0.39 is 16.1 Å². The number of hydrogen-bond acceptors (Lipinski definition) is 7. The maximum absolute atomic E-state index is 13.6. The van der Waals surface area contributed by atoms with E-state index in [1.54, 1.807) is 37.5 Å². The Balaban J connectivity index is 1.72. The van der Waals surface area contributed by atoms with Gasteiger partial charge in [-0.2, -0.15) is 4.31 Å². The fourth-order valence-corrected chi connectivity index (χ4v) is 6.16. The standard InChI is InChI=1S/C26H32N4O4S/c1-19-14-30(20(2)17-31)35(32,33)26-10-9-22(23-12-27-18-28-13-23)11-24(26)34-25(19)16-29(3)15-21-7-5-4-6-8-21/h4-13,18-20,25,31H,14-17H2,1-3H3/t19-,20+,25-/m0/s1. The van der Waals surface area contributed by atoms with E-state index in [4.69, 9.17) is 4.74 Å². The number of rotatable bonds is 7. The minimum absolute atomic E-state index is 0.0982. The quantitative estimate of drug-likeness (QED) is 0.537. The lowest BCUT2D eigenvalue weighted by Gasteiger charge is -2.37. The minimum atomic E-state index is -3.88. The van der Waals surface area contributed by atoms with Crippen LogP contribution >= 0.6 is 0 Å². The van der Waals surface area contributed by atoms with E-state index in [1.807, 2.05) is 32.2 Å². The Morgan fingerprint density at radius 2 is 1.86 bits per heavy atom. The Hall–Kier alpha value is -2.85. The number of benzene rings is 2. The summed E-state index contributed by atoms with van der Waals surface area (Å²) in [6.45, 7) is 5.06. The molecule has 3 atom stereocenters. The monoisotopic (exact) mass is 496 g/mol. The molecular weight excluding hydrogens is 464 g/mol. The van der Waals surface area contributed by atoms with E-state index in [2.05, 4.69) is 27.0 Å². The van der Waals surface area contributed by atoms with Crippen molar-refractivity contribution in [2.75, 3.05) is 26.7 Å². The lowest BCUT2D eigenvalue weighted by molar-refractivity contribution is 0.0734. The summed E-state index contributed by atoms with van der Waals surface area (Å²) in [6, 6.07) is 14.7. The minimum Gasteiger partial charge on any atom is -0.487 e. The van der Waals surface area contributed by atoms with Crippen LogP contribution in [0.15, 0.2) is 72.1 Å². The first-order valence-corrected chi connectivity index (χ1v) is 13.1. The number of hydrogen-bond donors (Lipinski definition) is 1. The summed E-state index contributed by atoms with van der Waals surface area (Å²) in [5, 5.41) is 9.82. The predicted molar refractivity (Wildman–Crippen MR) is 134 cm³/mol. The Bertz CT molecular complexity index is 1220. The largest absolute Gasteiger partial charge is 0.487 e. The first-order valence-electron chi connectivity index (χ1n) is 11.7. The molecule has 0 saturated carbocycles. The third-order valence-electron chi connectivity index (χ3n) is 6.35. The van der Waals surface area contributed by atoms with Crippen LogP contribution < -0.4 is 4.74 Å². The van der Waals surface area contributed by atoms with Crippen LogP contribution in [0.5, 0.6) is 5.75 Å². The van der Waals surface area contributed by atoms with E-state index in [-0.39, 0.29) is 30.1 Å². The molecule has 186 valence electrons. The van der Waals surface area contributed by atoms with Crippen molar-refractivity contribution in [2.45, 2.75) is 37.4 Å². The second kappa shape index (κ2) is 10.8. The zero-order valence-corrected chi connectivity index (χ0v) is 21.1. The van der Waals surface area contributed by atoms with Crippen LogP contribution in [0, 0.1) is 5.92 Å². The number of fused-ring (bicyclic) bond motifs is 1. The topological polar surface area (TPSA) is 95.9 Å². The summed E-state index contributed by atoms with van der Waals surface area (Å²) in [6.07, 6.45) is 4.54. The highest BCUT2D eigenvalue weighted by Gasteiger charge is 2.38. The summed E-state index contributed by atoms with van der Waals surface area (Å²) >= 11 is 0. The summed E-state index contributed by atoms with van der Waals surface area (Å²) in [5.41, 5.74) is 2.73. The van der Waals surface area contributed by atoms with Gasteiger partial charge in [-0.15, -0.1) is 0 Å². The molecule has 0 fully saturated rings. The smallest absolute Gasteiger partial charge is 0.247 e. The van der Waals surface area contributed by atoms with Gasteiger partial charge in [-0.05, 0) is 37.2 Å². The zero-order chi connectivity index (χ0) is 25.0. The lowest BCUT2D eigenvalue weighted by Crippen LogP contribution is -2.49. The molecule has 1 aliphatic heterocycles. The maximum Gasteiger partial charge on any atom is 0.247 e. The highest BCUT2D eigenvalue weighted by Crippen LogP contribution is 2.36. The van der Waals surface area contributed by atoms with Gasteiger partial charge in [0.15, 0.2) is 0 Å². The highest BCUT2D eigenvalue weighted by molar-refractivity contribution is 7.89. The van der Waals surface area contributed by atoms with Gasteiger partial charge < -0.3 is 9.84 Å². The van der Waals surface area contributed by atoms with Gasteiger partial charge in [0.1, 0.15) is 23.1 Å². The van der Waals surface area contributed by atoms with Gasteiger partial charge in [0.2, 0.25) is 10.0 Å². The molecule has 9 heteroatoms. The number of aliphatic hydroxyl groups excluding tert-OH is 1. The van der Waals surface area contributed by atoms with E-state index in [1.165, 1.54) is 16.2 Å². The van der Waals surface area contributed by atoms with E-state index in [0.717, 1.165) is 17.7 Å². The molecule has 2 heterocycles. The number of ether oxygens (including phenoxy) is 1. The van der Waals surface area contributed by atoms with E-state index >= 15 is 0 Å². The molecule has 4 rings (SSSR count). The van der Waals surface area contributed by atoms with Crippen molar-refractivity contribution in [1.82, 2.24) is 19.2 Å². The van der Waals surface area contributed by atoms with Gasteiger partial charge in [0.05, 0.1) is 6.61 Å². The van der Waals surface area contributed by atoms with Crippen molar-refractivity contribution in [3.05, 3.63) is 72.8 Å².